The van der Waals surface area contributed by atoms with Crippen molar-refractivity contribution < 1.29 is 0 Å². The third-order valence-corrected chi connectivity index (χ3v) is 5.19. The van der Waals surface area contributed by atoms with Gasteiger partial charge in [0.1, 0.15) is 0 Å². The van der Waals surface area contributed by atoms with Crippen LogP contribution < -0.4 is 0 Å². The maximum Gasteiger partial charge on any atom is 0.0654 e. The van der Waals surface area contributed by atoms with Crippen LogP contribution in [0.5, 0.6) is 0 Å². The number of rotatable bonds is 0. The van der Waals surface area contributed by atoms with Crippen molar-refractivity contribution in [3.63, 3.8) is 0 Å². The summed E-state index contributed by atoms with van der Waals surface area (Å²) in [5.41, 5.74) is 4.10. The SMILES string of the molecule is CC(C)(C)c1ccc2sc3c4ccccc4[nH]c3c2c1. The number of hydrogen-bond donors (Lipinski definition) is 1. The van der Waals surface area contributed by atoms with E-state index in [9.17, 15) is 0 Å². The van der Waals surface area contributed by atoms with Crippen molar-refractivity contribution in [3.05, 3.63) is 48.0 Å². The molecule has 0 bridgehead atoms. The van der Waals surface area contributed by atoms with E-state index in [2.05, 4.69) is 68.2 Å². The molecule has 0 saturated carbocycles. The van der Waals surface area contributed by atoms with Gasteiger partial charge in [0.25, 0.3) is 0 Å². The normalized spacial score (nSPS) is 12.8. The Hall–Kier alpha value is -1.80. The van der Waals surface area contributed by atoms with E-state index in [1.54, 1.807) is 0 Å². The lowest BCUT2D eigenvalue weighted by Gasteiger charge is -2.18. The number of aromatic nitrogens is 1. The van der Waals surface area contributed by atoms with E-state index in [0.717, 1.165) is 0 Å². The van der Waals surface area contributed by atoms with Gasteiger partial charge in [0, 0.05) is 21.0 Å². The molecule has 1 nitrogen and oxygen atoms in total. The zero-order valence-electron chi connectivity index (χ0n) is 11.9. The largest absolute Gasteiger partial charge is 0.353 e. The summed E-state index contributed by atoms with van der Waals surface area (Å²) in [5, 5.41) is 2.69. The van der Waals surface area contributed by atoms with E-state index < -0.39 is 0 Å². The second kappa shape index (κ2) is 3.86. The van der Waals surface area contributed by atoms with Gasteiger partial charge in [-0.2, -0.15) is 0 Å². The van der Waals surface area contributed by atoms with Crippen LogP contribution in [0.2, 0.25) is 0 Å². The number of H-pyrrole nitrogens is 1. The summed E-state index contributed by atoms with van der Waals surface area (Å²) < 4.78 is 2.74. The Balaban J connectivity index is 2.13. The Morgan fingerprint density at radius 1 is 0.950 bits per heavy atom. The molecule has 0 unspecified atom stereocenters. The van der Waals surface area contributed by atoms with E-state index >= 15 is 0 Å². The van der Waals surface area contributed by atoms with E-state index in [1.807, 2.05) is 11.3 Å². The van der Waals surface area contributed by atoms with Gasteiger partial charge in [-0.15, -0.1) is 11.3 Å². The first-order chi connectivity index (χ1) is 9.54. The number of aromatic amines is 1. The van der Waals surface area contributed by atoms with Gasteiger partial charge in [-0.25, -0.2) is 0 Å². The number of fused-ring (bicyclic) bond motifs is 5. The summed E-state index contributed by atoms with van der Waals surface area (Å²) in [4.78, 5) is 3.59. The zero-order valence-corrected chi connectivity index (χ0v) is 12.8. The van der Waals surface area contributed by atoms with E-state index in [0.29, 0.717) is 0 Å². The zero-order chi connectivity index (χ0) is 13.9. The molecule has 0 aliphatic carbocycles. The Labute approximate surface area is 122 Å². The summed E-state index contributed by atoms with van der Waals surface area (Å²) in [7, 11) is 0. The molecule has 0 amide bonds. The lowest BCUT2D eigenvalue weighted by Crippen LogP contribution is -2.10. The molecule has 0 atom stereocenters. The third kappa shape index (κ3) is 1.61. The van der Waals surface area contributed by atoms with Crippen LogP contribution >= 0.6 is 11.3 Å². The van der Waals surface area contributed by atoms with Gasteiger partial charge in [-0.3, -0.25) is 0 Å². The summed E-state index contributed by atoms with van der Waals surface area (Å²) in [6.45, 7) is 6.80. The predicted octanol–water partition coefficient (Wildman–Crippen LogP) is 5.83. The Bertz CT molecular complexity index is 934. The summed E-state index contributed by atoms with van der Waals surface area (Å²) in [6, 6.07) is 15.4. The van der Waals surface area contributed by atoms with Crippen molar-refractivity contribution in [1.82, 2.24) is 4.98 Å². The van der Waals surface area contributed by atoms with E-state index in [1.165, 1.54) is 36.8 Å². The standard InChI is InChI=1S/C18H17NS/c1-18(2,3)11-8-9-15-13(10-11)16-17(20-15)12-6-4-5-7-14(12)19-16/h4-10,19H,1-3H3. The molecule has 0 saturated heterocycles. The van der Waals surface area contributed by atoms with Crippen LogP contribution in [-0.2, 0) is 5.41 Å². The van der Waals surface area contributed by atoms with Crippen LogP contribution in [0, 0.1) is 0 Å². The minimum atomic E-state index is 0.189. The van der Waals surface area contributed by atoms with Gasteiger partial charge in [-0.1, -0.05) is 45.0 Å². The average Bonchev–Trinajstić information content (AvgIpc) is 2.93. The lowest BCUT2D eigenvalue weighted by atomic mass is 9.86. The average molecular weight is 279 g/mol. The molecular formula is C18H17NS. The highest BCUT2D eigenvalue weighted by atomic mass is 32.1. The third-order valence-electron chi connectivity index (χ3n) is 3.99. The van der Waals surface area contributed by atoms with Crippen molar-refractivity contribution in [2.75, 3.05) is 0 Å². The molecule has 2 heteroatoms. The summed E-state index contributed by atoms with van der Waals surface area (Å²) in [5.74, 6) is 0. The maximum atomic E-state index is 3.59. The number of benzene rings is 2. The topological polar surface area (TPSA) is 15.8 Å². The van der Waals surface area contributed by atoms with Crippen LogP contribution in [0.25, 0.3) is 31.2 Å². The summed E-state index contributed by atoms with van der Waals surface area (Å²) in [6.07, 6.45) is 0. The smallest absolute Gasteiger partial charge is 0.0654 e. The van der Waals surface area contributed by atoms with Gasteiger partial charge in [0.05, 0.1) is 10.2 Å². The monoisotopic (exact) mass is 279 g/mol. The molecule has 100 valence electrons. The van der Waals surface area contributed by atoms with Crippen molar-refractivity contribution >= 4 is 42.5 Å². The molecule has 4 aromatic rings. The molecule has 0 aliphatic rings. The highest BCUT2D eigenvalue weighted by Gasteiger charge is 2.16. The fourth-order valence-electron chi connectivity index (χ4n) is 2.80. The van der Waals surface area contributed by atoms with Crippen molar-refractivity contribution in [2.45, 2.75) is 26.2 Å². The first-order valence-electron chi connectivity index (χ1n) is 6.97. The van der Waals surface area contributed by atoms with Crippen LogP contribution in [0.1, 0.15) is 26.3 Å². The molecule has 0 aliphatic heterocycles. The molecule has 0 spiro atoms. The Morgan fingerprint density at radius 3 is 2.55 bits per heavy atom. The van der Waals surface area contributed by atoms with Crippen LogP contribution in [0.4, 0.5) is 0 Å². The van der Waals surface area contributed by atoms with Gasteiger partial charge < -0.3 is 4.98 Å². The van der Waals surface area contributed by atoms with Gasteiger partial charge in [0.15, 0.2) is 0 Å². The van der Waals surface area contributed by atoms with E-state index in [4.69, 9.17) is 0 Å². The molecule has 20 heavy (non-hydrogen) atoms. The lowest BCUT2D eigenvalue weighted by molar-refractivity contribution is 0.591. The number of thiophene rings is 1. The molecule has 2 aromatic carbocycles. The van der Waals surface area contributed by atoms with Crippen molar-refractivity contribution in [2.24, 2.45) is 0 Å². The van der Waals surface area contributed by atoms with Crippen molar-refractivity contribution in [3.8, 4) is 0 Å². The molecule has 2 heterocycles. The fraction of sp³-hybridized carbons (Fsp3) is 0.222. The van der Waals surface area contributed by atoms with Gasteiger partial charge in [-0.05, 0) is 29.2 Å². The Morgan fingerprint density at radius 2 is 1.75 bits per heavy atom. The summed E-state index contributed by atoms with van der Waals surface area (Å²) >= 11 is 1.89. The fourth-order valence-corrected chi connectivity index (χ4v) is 3.98. The maximum absolute atomic E-state index is 3.59. The molecular weight excluding hydrogens is 262 g/mol. The molecule has 1 N–H and O–H groups in total. The minimum absolute atomic E-state index is 0.189. The van der Waals surface area contributed by atoms with Gasteiger partial charge >= 0.3 is 0 Å². The van der Waals surface area contributed by atoms with Crippen LogP contribution in [-0.4, -0.2) is 4.98 Å². The quantitative estimate of drug-likeness (QED) is 0.416. The van der Waals surface area contributed by atoms with Gasteiger partial charge in [0.2, 0.25) is 0 Å². The number of hydrogen-bond acceptors (Lipinski definition) is 1. The Kier molecular flexibility index (Phi) is 2.31. The van der Waals surface area contributed by atoms with Crippen molar-refractivity contribution in [1.29, 1.82) is 0 Å². The predicted molar refractivity (Wildman–Crippen MR) is 89.9 cm³/mol. The minimum Gasteiger partial charge on any atom is -0.353 e. The second-order valence-electron chi connectivity index (χ2n) is 6.44. The highest BCUT2D eigenvalue weighted by molar-refractivity contribution is 7.26. The molecule has 0 fully saturated rings. The highest BCUT2D eigenvalue weighted by Crippen LogP contribution is 2.39. The van der Waals surface area contributed by atoms with E-state index in [-0.39, 0.29) is 5.41 Å². The first-order valence-corrected chi connectivity index (χ1v) is 7.79. The first kappa shape index (κ1) is 12.0. The number of nitrogens with one attached hydrogen (secondary N) is 1. The molecule has 2 aromatic heterocycles. The molecule has 0 radical (unpaired) electrons. The molecule has 4 rings (SSSR count). The number of para-hydroxylation sites is 1. The van der Waals surface area contributed by atoms with Crippen LogP contribution in [0.3, 0.4) is 0 Å². The second-order valence-corrected chi connectivity index (χ2v) is 7.49. The van der Waals surface area contributed by atoms with Crippen LogP contribution in [0.15, 0.2) is 42.5 Å².